The molecule has 0 saturated heterocycles. The van der Waals surface area contributed by atoms with Gasteiger partial charge in [-0.1, -0.05) is 36.4 Å². The van der Waals surface area contributed by atoms with E-state index >= 15 is 0 Å². The summed E-state index contributed by atoms with van der Waals surface area (Å²) in [5.41, 5.74) is 9.86. The molecule has 1 aliphatic rings. The van der Waals surface area contributed by atoms with Crippen LogP contribution in [0.2, 0.25) is 0 Å². The lowest BCUT2D eigenvalue weighted by molar-refractivity contribution is -0.124. The molecule has 0 fully saturated rings. The third kappa shape index (κ3) is 2.49. The topological polar surface area (TPSA) is 75.0 Å². The number of primary amides is 1. The lowest BCUT2D eigenvalue weighted by Gasteiger charge is -2.34. The van der Waals surface area contributed by atoms with Crippen molar-refractivity contribution in [2.45, 2.75) is 19.0 Å². The molecule has 1 aromatic heterocycles. The second kappa shape index (κ2) is 5.52. The van der Waals surface area contributed by atoms with E-state index in [1.54, 1.807) is 0 Å². The van der Waals surface area contributed by atoms with E-state index in [1.807, 2.05) is 42.5 Å². The van der Waals surface area contributed by atoms with Gasteiger partial charge in [0.25, 0.3) is 0 Å². The van der Waals surface area contributed by atoms with Gasteiger partial charge < -0.3 is 10.7 Å². The Morgan fingerprint density at radius 1 is 1.22 bits per heavy atom. The summed E-state index contributed by atoms with van der Waals surface area (Å²) in [4.78, 5) is 22.1. The summed E-state index contributed by atoms with van der Waals surface area (Å²) in [5, 5.41) is 0. The average Bonchev–Trinajstić information content (AvgIpc) is 2.96. The van der Waals surface area contributed by atoms with Crippen molar-refractivity contribution < 1.29 is 4.79 Å². The smallest absolute Gasteiger partial charge is 0.239 e. The van der Waals surface area contributed by atoms with Crippen molar-refractivity contribution in [1.82, 2.24) is 14.9 Å². The largest absolute Gasteiger partial charge is 0.368 e. The Labute approximate surface area is 134 Å². The molecule has 1 unspecified atom stereocenters. The fourth-order valence-electron chi connectivity index (χ4n) is 3.39. The molecule has 1 atom stereocenters. The van der Waals surface area contributed by atoms with Gasteiger partial charge in [-0.05, 0) is 29.7 Å². The Balaban J connectivity index is 1.66. The molecule has 0 bridgehead atoms. The molecule has 3 N–H and O–H groups in total. The van der Waals surface area contributed by atoms with Crippen LogP contribution in [0.4, 0.5) is 0 Å². The quantitative estimate of drug-likeness (QED) is 0.778. The van der Waals surface area contributed by atoms with Crippen molar-refractivity contribution in [2.24, 2.45) is 5.73 Å². The molecule has 0 aliphatic carbocycles. The number of carbonyl (C=O) groups excluding carboxylic acids is 1. The normalized spacial score (nSPS) is 18.0. The molecule has 2 aromatic carbocycles. The van der Waals surface area contributed by atoms with Gasteiger partial charge in [-0.25, -0.2) is 4.98 Å². The highest BCUT2D eigenvalue weighted by Crippen LogP contribution is 2.30. The maximum Gasteiger partial charge on any atom is 0.239 e. The molecular formula is C18H18N4O. The summed E-state index contributed by atoms with van der Waals surface area (Å²) < 4.78 is 0. The molecule has 1 amide bonds. The van der Waals surface area contributed by atoms with Gasteiger partial charge in [-0.2, -0.15) is 0 Å². The summed E-state index contributed by atoms with van der Waals surface area (Å²) in [5.74, 6) is 0.546. The number of fused-ring (bicyclic) bond motifs is 2. The monoisotopic (exact) mass is 306 g/mol. The van der Waals surface area contributed by atoms with Crippen LogP contribution in [0.1, 0.15) is 23.0 Å². The predicted octanol–water partition coefficient (Wildman–Crippen LogP) is 2.15. The van der Waals surface area contributed by atoms with Crippen molar-refractivity contribution in [3.63, 3.8) is 0 Å². The lowest BCUT2D eigenvalue weighted by Crippen LogP contribution is -2.42. The Hall–Kier alpha value is -2.66. The minimum absolute atomic E-state index is 0.312. The van der Waals surface area contributed by atoms with E-state index in [2.05, 4.69) is 20.9 Å². The number of benzene rings is 2. The molecule has 5 nitrogen and oxygen atoms in total. The maximum absolute atomic E-state index is 12.0. The number of nitrogens with two attached hydrogens (primary N) is 1. The summed E-state index contributed by atoms with van der Waals surface area (Å²) in [7, 11) is 0. The third-order valence-electron chi connectivity index (χ3n) is 4.44. The van der Waals surface area contributed by atoms with Crippen LogP contribution in [0.15, 0.2) is 48.5 Å². The van der Waals surface area contributed by atoms with Gasteiger partial charge in [0.1, 0.15) is 11.9 Å². The van der Waals surface area contributed by atoms with Crippen LogP contribution < -0.4 is 5.73 Å². The highest BCUT2D eigenvalue weighted by Gasteiger charge is 2.31. The Kier molecular flexibility index (Phi) is 3.35. The summed E-state index contributed by atoms with van der Waals surface area (Å²) in [6.07, 6.45) is 0.917. The van der Waals surface area contributed by atoms with Gasteiger partial charge in [-0.15, -0.1) is 0 Å². The number of para-hydroxylation sites is 2. The molecule has 4 rings (SSSR count). The van der Waals surface area contributed by atoms with E-state index in [0.29, 0.717) is 6.54 Å². The predicted molar refractivity (Wildman–Crippen MR) is 88.6 cm³/mol. The number of nitrogens with one attached hydrogen (secondary N) is 1. The Bertz CT molecular complexity index is 837. The molecule has 2 heterocycles. The number of H-pyrrole nitrogens is 1. The summed E-state index contributed by atoms with van der Waals surface area (Å²) in [6.45, 7) is 1.37. The molecule has 0 saturated carbocycles. The van der Waals surface area contributed by atoms with Crippen molar-refractivity contribution >= 4 is 16.9 Å². The second-order valence-electron chi connectivity index (χ2n) is 5.92. The number of rotatable bonds is 3. The SMILES string of the molecule is NC(=O)C1c2ccccc2CCN1Cc1nc2ccccc2[nH]1. The van der Waals surface area contributed by atoms with Gasteiger partial charge in [0.2, 0.25) is 5.91 Å². The van der Waals surface area contributed by atoms with Gasteiger partial charge >= 0.3 is 0 Å². The number of nitrogens with zero attached hydrogens (tertiary/aromatic N) is 2. The van der Waals surface area contributed by atoms with E-state index in [9.17, 15) is 4.79 Å². The first-order valence-electron chi connectivity index (χ1n) is 7.77. The van der Waals surface area contributed by atoms with Crippen LogP contribution in [0.5, 0.6) is 0 Å². The molecule has 23 heavy (non-hydrogen) atoms. The number of imidazole rings is 1. The van der Waals surface area contributed by atoms with Gasteiger partial charge in [0.05, 0.1) is 17.6 Å². The van der Waals surface area contributed by atoms with Crippen LogP contribution in [0, 0.1) is 0 Å². The average molecular weight is 306 g/mol. The van der Waals surface area contributed by atoms with E-state index in [1.165, 1.54) is 5.56 Å². The summed E-state index contributed by atoms with van der Waals surface area (Å²) >= 11 is 0. The number of hydrogen-bond acceptors (Lipinski definition) is 3. The number of amides is 1. The molecule has 3 aromatic rings. The van der Waals surface area contributed by atoms with E-state index < -0.39 is 6.04 Å². The fraction of sp³-hybridized carbons (Fsp3) is 0.222. The van der Waals surface area contributed by atoms with Gasteiger partial charge in [0.15, 0.2) is 0 Å². The minimum atomic E-state index is -0.395. The molecule has 0 spiro atoms. The number of aromatic amines is 1. The Morgan fingerprint density at radius 2 is 2.00 bits per heavy atom. The van der Waals surface area contributed by atoms with Gasteiger partial charge in [0, 0.05) is 6.54 Å². The standard InChI is InChI=1S/C18H18N4O/c19-18(23)17-13-6-2-1-5-12(13)9-10-22(17)11-16-20-14-7-3-4-8-15(14)21-16/h1-8,17H,9-11H2,(H2,19,23)(H,20,21). The highest BCUT2D eigenvalue weighted by molar-refractivity contribution is 5.82. The van der Waals surface area contributed by atoms with Crippen molar-refractivity contribution in [3.8, 4) is 0 Å². The Morgan fingerprint density at radius 3 is 2.83 bits per heavy atom. The maximum atomic E-state index is 12.0. The number of hydrogen-bond donors (Lipinski definition) is 2. The first-order valence-corrected chi connectivity index (χ1v) is 7.77. The van der Waals surface area contributed by atoms with Crippen molar-refractivity contribution in [3.05, 3.63) is 65.5 Å². The molecule has 5 heteroatoms. The van der Waals surface area contributed by atoms with E-state index in [0.717, 1.165) is 35.4 Å². The zero-order chi connectivity index (χ0) is 15.8. The van der Waals surface area contributed by atoms with Gasteiger partial charge in [-0.3, -0.25) is 9.69 Å². The zero-order valence-corrected chi connectivity index (χ0v) is 12.7. The van der Waals surface area contributed by atoms with Crippen LogP contribution in [0.25, 0.3) is 11.0 Å². The second-order valence-corrected chi connectivity index (χ2v) is 5.92. The first kappa shape index (κ1) is 14.0. The molecule has 0 radical (unpaired) electrons. The number of carbonyl (C=O) groups is 1. The summed E-state index contributed by atoms with van der Waals surface area (Å²) in [6, 6.07) is 15.6. The van der Waals surface area contributed by atoms with E-state index in [4.69, 9.17) is 5.73 Å². The van der Waals surface area contributed by atoms with Crippen molar-refractivity contribution in [2.75, 3.05) is 6.54 Å². The van der Waals surface area contributed by atoms with E-state index in [-0.39, 0.29) is 5.91 Å². The first-order chi connectivity index (χ1) is 11.2. The van der Waals surface area contributed by atoms with Crippen LogP contribution >= 0.6 is 0 Å². The molecule has 116 valence electrons. The lowest BCUT2D eigenvalue weighted by atomic mass is 9.92. The van der Waals surface area contributed by atoms with Crippen molar-refractivity contribution in [1.29, 1.82) is 0 Å². The van der Waals surface area contributed by atoms with Crippen LogP contribution in [-0.2, 0) is 17.8 Å². The zero-order valence-electron chi connectivity index (χ0n) is 12.7. The minimum Gasteiger partial charge on any atom is -0.368 e. The fourth-order valence-corrected chi connectivity index (χ4v) is 3.39. The van der Waals surface area contributed by atoms with Crippen LogP contribution in [-0.4, -0.2) is 27.3 Å². The third-order valence-corrected chi connectivity index (χ3v) is 4.44. The number of aromatic nitrogens is 2. The van der Waals surface area contributed by atoms with Crippen LogP contribution in [0.3, 0.4) is 0 Å². The highest BCUT2D eigenvalue weighted by atomic mass is 16.1. The molecular weight excluding hydrogens is 288 g/mol. The molecule has 1 aliphatic heterocycles.